The highest BCUT2D eigenvalue weighted by atomic mass is 16.2. The Hall–Kier alpha value is -4.18. The Morgan fingerprint density at radius 3 is 1.63 bits per heavy atom. The summed E-state index contributed by atoms with van der Waals surface area (Å²) in [6, 6.07) is 28.8. The van der Waals surface area contributed by atoms with Gasteiger partial charge in [0, 0.05) is 33.6 Å². The predicted octanol–water partition coefficient (Wildman–Crippen LogP) is 5.25. The molecule has 4 rings (SSSR count). The third-order valence-electron chi connectivity index (χ3n) is 4.99. The number of hydrogen-bond acceptors (Lipinski definition) is 4. The summed E-state index contributed by atoms with van der Waals surface area (Å²) in [7, 11) is 0. The van der Waals surface area contributed by atoms with Crippen LogP contribution < -0.4 is 11.5 Å². The van der Waals surface area contributed by atoms with Crippen molar-refractivity contribution in [3.05, 3.63) is 108 Å². The van der Waals surface area contributed by atoms with E-state index >= 15 is 0 Å². The molecule has 0 saturated carbocycles. The lowest BCUT2D eigenvalue weighted by atomic mass is 9.86. The topological polar surface area (TPSA) is 86.2 Å². The SMILES string of the molecule is Nc1ccc(C(=O)C(=O)c2ccc(N)c(-c3ccccc3)c2-c2ccccc2)cc1. The van der Waals surface area contributed by atoms with Crippen LogP contribution in [0.2, 0.25) is 0 Å². The maximum Gasteiger partial charge on any atom is 0.234 e. The normalized spacial score (nSPS) is 10.5. The van der Waals surface area contributed by atoms with Gasteiger partial charge in [-0.2, -0.15) is 0 Å². The highest BCUT2D eigenvalue weighted by molar-refractivity contribution is 6.50. The minimum absolute atomic E-state index is 0.297. The summed E-state index contributed by atoms with van der Waals surface area (Å²) in [5.41, 5.74) is 16.8. The molecule has 0 aliphatic carbocycles. The summed E-state index contributed by atoms with van der Waals surface area (Å²) in [6.07, 6.45) is 0. The minimum Gasteiger partial charge on any atom is -0.399 e. The summed E-state index contributed by atoms with van der Waals surface area (Å²) < 4.78 is 0. The summed E-state index contributed by atoms with van der Waals surface area (Å²) in [5, 5.41) is 0. The van der Waals surface area contributed by atoms with E-state index in [-0.39, 0.29) is 0 Å². The number of benzene rings is 4. The molecule has 4 aromatic carbocycles. The highest BCUT2D eigenvalue weighted by Crippen LogP contribution is 2.39. The maximum absolute atomic E-state index is 13.3. The molecule has 0 bridgehead atoms. The highest BCUT2D eigenvalue weighted by Gasteiger charge is 2.25. The van der Waals surface area contributed by atoms with E-state index < -0.39 is 11.6 Å². The van der Waals surface area contributed by atoms with E-state index in [1.807, 2.05) is 60.7 Å². The second-order valence-corrected chi connectivity index (χ2v) is 6.96. The lowest BCUT2D eigenvalue weighted by Crippen LogP contribution is -2.16. The summed E-state index contributed by atoms with van der Waals surface area (Å²) in [6.45, 7) is 0. The summed E-state index contributed by atoms with van der Waals surface area (Å²) in [5.74, 6) is -1.17. The van der Waals surface area contributed by atoms with Crippen LogP contribution in [0.4, 0.5) is 11.4 Å². The number of carbonyl (C=O) groups excluding carboxylic acids is 2. The van der Waals surface area contributed by atoms with Crippen molar-refractivity contribution in [2.24, 2.45) is 0 Å². The molecule has 0 atom stereocenters. The van der Waals surface area contributed by atoms with Crippen molar-refractivity contribution in [2.45, 2.75) is 0 Å². The Balaban J connectivity index is 1.93. The zero-order valence-corrected chi connectivity index (χ0v) is 16.2. The molecular weight excluding hydrogens is 372 g/mol. The van der Waals surface area contributed by atoms with Crippen molar-refractivity contribution in [2.75, 3.05) is 11.5 Å². The number of nitrogens with two attached hydrogens (primary N) is 2. The van der Waals surface area contributed by atoms with Gasteiger partial charge >= 0.3 is 0 Å². The van der Waals surface area contributed by atoms with Crippen molar-refractivity contribution >= 4 is 22.9 Å². The molecule has 0 saturated heterocycles. The van der Waals surface area contributed by atoms with Gasteiger partial charge < -0.3 is 11.5 Å². The fourth-order valence-electron chi connectivity index (χ4n) is 3.52. The molecule has 4 aromatic rings. The zero-order valence-electron chi connectivity index (χ0n) is 16.2. The molecule has 0 spiro atoms. The molecule has 4 heteroatoms. The number of rotatable bonds is 5. The zero-order chi connectivity index (χ0) is 21.1. The van der Waals surface area contributed by atoms with Crippen molar-refractivity contribution in [1.82, 2.24) is 0 Å². The molecule has 0 aliphatic rings. The van der Waals surface area contributed by atoms with Gasteiger partial charge in [-0.15, -0.1) is 0 Å². The Bertz CT molecular complexity index is 1220. The molecule has 4 nitrogen and oxygen atoms in total. The minimum atomic E-state index is -0.587. The van der Waals surface area contributed by atoms with E-state index in [0.29, 0.717) is 28.1 Å². The number of ketones is 2. The van der Waals surface area contributed by atoms with Gasteiger partial charge in [-0.05, 0) is 47.5 Å². The van der Waals surface area contributed by atoms with Crippen LogP contribution in [0.5, 0.6) is 0 Å². The maximum atomic E-state index is 13.3. The summed E-state index contributed by atoms with van der Waals surface area (Å²) in [4.78, 5) is 26.2. The molecule has 0 aliphatic heterocycles. The number of nitrogen functional groups attached to an aromatic ring is 2. The van der Waals surface area contributed by atoms with Crippen molar-refractivity contribution < 1.29 is 9.59 Å². The lowest BCUT2D eigenvalue weighted by molar-refractivity contribution is 0.0817. The van der Waals surface area contributed by atoms with Gasteiger partial charge in [-0.25, -0.2) is 0 Å². The first kappa shape index (κ1) is 19.2. The van der Waals surface area contributed by atoms with Gasteiger partial charge in [0.1, 0.15) is 0 Å². The summed E-state index contributed by atoms with van der Waals surface area (Å²) >= 11 is 0. The predicted molar refractivity (Wildman–Crippen MR) is 121 cm³/mol. The first-order valence-corrected chi connectivity index (χ1v) is 9.54. The molecule has 0 fully saturated rings. The van der Waals surface area contributed by atoms with Crippen molar-refractivity contribution in [1.29, 1.82) is 0 Å². The van der Waals surface area contributed by atoms with Gasteiger partial charge in [-0.3, -0.25) is 9.59 Å². The molecule has 0 unspecified atom stereocenters. The monoisotopic (exact) mass is 392 g/mol. The van der Waals surface area contributed by atoms with Crippen LogP contribution in [0.3, 0.4) is 0 Å². The smallest absolute Gasteiger partial charge is 0.234 e. The van der Waals surface area contributed by atoms with E-state index in [9.17, 15) is 9.59 Å². The lowest BCUT2D eigenvalue weighted by Gasteiger charge is -2.17. The van der Waals surface area contributed by atoms with E-state index in [4.69, 9.17) is 11.5 Å². The molecule has 4 N–H and O–H groups in total. The van der Waals surface area contributed by atoms with Crippen LogP contribution in [0, 0.1) is 0 Å². The number of anilines is 2. The molecule has 0 aromatic heterocycles. The average Bonchev–Trinajstić information content (AvgIpc) is 2.79. The first-order chi connectivity index (χ1) is 14.6. The van der Waals surface area contributed by atoms with E-state index in [1.165, 1.54) is 0 Å². The third-order valence-corrected chi connectivity index (χ3v) is 4.99. The van der Waals surface area contributed by atoms with E-state index in [2.05, 4.69) is 0 Å². The van der Waals surface area contributed by atoms with Gasteiger partial charge in [0.05, 0.1) is 0 Å². The molecule has 30 heavy (non-hydrogen) atoms. The second kappa shape index (κ2) is 8.05. The third kappa shape index (κ3) is 3.59. The Kier molecular flexibility index (Phi) is 5.14. The van der Waals surface area contributed by atoms with Crippen LogP contribution in [-0.2, 0) is 0 Å². The average molecular weight is 392 g/mol. The van der Waals surface area contributed by atoms with Gasteiger partial charge in [0.25, 0.3) is 0 Å². The Morgan fingerprint density at radius 2 is 1.07 bits per heavy atom. The van der Waals surface area contributed by atoms with Crippen molar-refractivity contribution in [3.8, 4) is 22.3 Å². The number of carbonyl (C=O) groups is 2. The standard InChI is InChI=1S/C26H20N2O2/c27-20-13-11-19(12-14-20)25(29)26(30)21-15-16-22(28)24(18-9-5-2-6-10-18)23(21)17-7-3-1-4-8-17/h1-16H,27-28H2. The molecular formula is C26H20N2O2. The van der Waals surface area contributed by atoms with Gasteiger partial charge in [0.2, 0.25) is 11.6 Å². The van der Waals surface area contributed by atoms with Crippen LogP contribution in [0.25, 0.3) is 22.3 Å². The quantitative estimate of drug-likeness (QED) is 0.276. The van der Waals surface area contributed by atoms with Gasteiger partial charge in [-0.1, -0.05) is 60.7 Å². The number of hydrogen-bond donors (Lipinski definition) is 2. The van der Waals surface area contributed by atoms with Crippen LogP contribution in [0.15, 0.2) is 97.1 Å². The van der Waals surface area contributed by atoms with Crippen LogP contribution >= 0.6 is 0 Å². The molecule has 0 heterocycles. The van der Waals surface area contributed by atoms with E-state index in [1.54, 1.807) is 36.4 Å². The molecule has 0 amide bonds. The molecule has 0 radical (unpaired) electrons. The van der Waals surface area contributed by atoms with Crippen LogP contribution in [-0.4, -0.2) is 11.6 Å². The largest absolute Gasteiger partial charge is 0.399 e. The van der Waals surface area contributed by atoms with Crippen molar-refractivity contribution in [3.63, 3.8) is 0 Å². The van der Waals surface area contributed by atoms with Crippen LogP contribution in [0.1, 0.15) is 20.7 Å². The Labute approximate surface area is 174 Å². The van der Waals surface area contributed by atoms with E-state index in [0.717, 1.165) is 16.7 Å². The number of Topliss-reactive ketones (excluding diaryl/α,β-unsaturated/α-hetero) is 2. The fourth-order valence-corrected chi connectivity index (χ4v) is 3.52. The first-order valence-electron chi connectivity index (χ1n) is 9.54. The van der Waals surface area contributed by atoms with Gasteiger partial charge in [0.15, 0.2) is 0 Å². The fraction of sp³-hybridized carbons (Fsp3) is 0. The Morgan fingerprint density at radius 1 is 0.533 bits per heavy atom. The molecule has 146 valence electrons. The second-order valence-electron chi connectivity index (χ2n) is 6.96.